The van der Waals surface area contributed by atoms with E-state index in [2.05, 4.69) is 0 Å². The first-order valence-electron chi connectivity index (χ1n) is 5.62. The molecule has 0 saturated carbocycles. The Morgan fingerprint density at radius 1 is 1.16 bits per heavy atom. The number of ketones is 1. The number of ether oxygens (including phenoxy) is 1. The quantitative estimate of drug-likeness (QED) is 0.689. The lowest BCUT2D eigenvalue weighted by Crippen LogP contribution is -2.13. The van der Waals surface area contributed by atoms with Crippen LogP contribution in [0.4, 0.5) is 0 Å². The Morgan fingerprint density at radius 3 is 2.42 bits per heavy atom. The molecule has 0 unspecified atom stereocenters. The van der Waals surface area contributed by atoms with Crippen LogP contribution >= 0.6 is 11.3 Å². The van der Waals surface area contributed by atoms with Gasteiger partial charge in [0.15, 0.2) is 6.61 Å². The molecule has 1 aromatic heterocycles. The van der Waals surface area contributed by atoms with Gasteiger partial charge in [0.25, 0.3) is 0 Å². The van der Waals surface area contributed by atoms with Crippen molar-refractivity contribution in [2.45, 2.75) is 6.92 Å². The van der Waals surface area contributed by atoms with Gasteiger partial charge in [0, 0.05) is 4.88 Å². The Bertz CT molecular complexity index is 598. The standard InChI is InChI=1S/C14H12O4S/c1-9-2-7-13(19-9)12(16)8-18-14(17)10-3-5-11(15)6-4-10/h2-7,15H,8H2,1H3. The number of carbonyl (C=O) groups is 2. The van der Waals surface area contributed by atoms with Gasteiger partial charge in [-0.05, 0) is 43.3 Å². The first-order chi connectivity index (χ1) is 9.06. The normalized spacial score (nSPS) is 10.2. The third kappa shape index (κ3) is 3.42. The van der Waals surface area contributed by atoms with Crippen molar-refractivity contribution < 1.29 is 19.4 Å². The van der Waals surface area contributed by atoms with Gasteiger partial charge in [0.1, 0.15) is 5.75 Å². The zero-order valence-corrected chi connectivity index (χ0v) is 11.1. The van der Waals surface area contributed by atoms with E-state index in [1.54, 1.807) is 6.07 Å². The summed E-state index contributed by atoms with van der Waals surface area (Å²) in [6.07, 6.45) is 0. The molecule has 0 aliphatic heterocycles. The van der Waals surface area contributed by atoms with Crippen LogP contribution in [0.5, 0.6) is 5.75 Å². The number of thiophene rings is 1. The molecule has 4 nitrogen and oxygen atoms in total. The van der Waals surface area contributed by atoms with Gasteiger partial charge in [-0.25, -0.2) is 4.79 Å². The molecule has 98 valence electrons. The zero-order chi connectivity index (χ0) is 13.8. The Morgan fingerprint density at radius 2 is 1.84 bits per heavy atom. The second-order valence-electron chi connectivity index (χ2n) is 3.96. The van der Waals surface area contributed by atoms with E-state index < -0.39 is 5.97 Å². The summed E-state index contributed by atoms with van der Waals surface area (Å²) >= 11 is 1.37. The van der Waals surface area contributed by atoms with Crippen LogP contribution in [0, 0.1) is 6.92 Å². The van der Waals surface area contributed by atoms with Crippen LogP contribution < -0.4 is 0 Å². The number of phenols is 1. The molecule has 2 aromatic rings. The first-order valence-corrected chi connectivity index (χ1v) is 6.44. The molecule has 0 atom stereocenters. The lowest BCUT2D eigenvalue weighted by atomic mass is 10.2. The maximum Gasteiger partial charge on any atom is 0.338 e. The maximum absolute atomic E-state index is 11.7. The lowest BCUT2D eigenvalue weighted by Gasteiger charge is -2.03. The topological polar surface area (TPSA) is 63.6 Å². The Balaban J connectivity index is 1.93. The van der Waals surface area contributed by atoms with Gasteiger partial charge in [0.05, 0.1) is 10.4 Å². The van der Waals surface area contributed by atoms with Gasteiger partial charge in [-0.15, -0.1) is 11.3 Å². The number of carbonyl (C=O) groups excluding carboxylic acids is 2. The summed E-state index contributed by atoms with van der Waals surface area (Å²) in [6.45, 7) is 1.63. The third-order valence-corrected chi connectivity index (χ3v) is 3.49. The van der Waals surface area contributed by atoms with Gasteiger partial charge < -0.3 is 9.84 Å². The van der Waals surface area contributed by atoms with Gasteiger partial charge >= 0.3 is 5.97 Å². The fraction of sp³-hybridized carbons (Fsp3) is 0.143. The molecule has 0 radical (unpaired) electrons. The SMILES string of the molecule is Cc1ccc(C(=O)COC(=O)c2ccc(O)cc2)s1. The second kappa shape index (κ2) is 5.67. The van der Waals surface area contributed by atoms with Crippen LogP contribution in [-0.4, -0.2) is 23.5 Å². The van der Waals surface area contributed by atoms with E-state index in [0.717, 1.165) is 4.88 Å². The molecule has 19 heavy (non-hydrogen) atoms. The minimum Gasteiger partial charge on any atom is -0.508 e. The molecular weight excluding hydrogens is 264 g/mol. The van der Waals surface area contributed by atoms with Crippen molar-refractivity contribution in [1.82, 2.24) is 0 Å². The van der Waals surface area contributed by atoms with E-state index in [-0.39, 0.29) is 18.1 Å². The second-order valence-corrected chi connectivity index (χ2v) is 5.24. The highest BCUT2D eigenvalue weighted by atomic mass is 32.1. The average molecular weight is 276 g/mol. The number of Topliss-reactive ketones (excluding diaryl/α,β-unsaturated/α-hetero) is 1. The maximum atomic E-state index is 11.7. The lowest BCUT2D eigenvalue weighted by molar-refractivity contribution is 0.0476. The van der Waals surface area contributed by atoms with Crippen LogP contribution in [-0.2, 0) is 4.74 Å². The summed E-state index contributed by atoms with van der Waals surface area (Å²) in [7, 11) is 0. The fourth-order valence-corrected chi connectivity index (χ4v) is 2.26. The molecule has 0 saturated heterocycles. The number of aromatic hydroxyl groups is 1. The molecule has 0 aliphatic rings. The van der Waals surface area contributed by atoms with E-state index in [4.69, 9.17) is 9.84 Å². The smallest absolute Gasteiger partial charge is 0.338 e. The van der Waals surface area contributed by atoms with Gasteiger partial charge in [-0.1, -0.05) is 0 Å². The number of phenolic OH excluding ortho intramolecular Hbond substituents is 1. The number of esters is 1. The third-order valence-electron chi connectivity index (χ3n) is 2.45. The number of benzene rings is 1. The minimum absolute atomic E-state index is 0.0710. The molecule has 0 spiro atoms. The number of hydrogen-bond donors (Lipinski definition) is 1. The highest BCUT2D eigenvalue weighted by Crippen LogP contribution is 2.16. The molecule has 2 rings (SSSR count). The number of hydrogen-bond acceptors (Lipinski definition) is 5. The summed E-state index contributed by atoms with van der Waals surface area (Å²) in [5.41, 5.74) is 0.299. The Labute approximate surface area is 114 Å². The zero-order valence-electron chi connectivity index (χ0n) is 10.3. The monoisotopic (exact) mass is 276 g/mol. The highest BCUT2D eigenvalue weighted by Gasteiger charge is 2.13. The van der Waals surface area contributed by atoms with Crippen LogP contribution in [0.3, 0.4) is 0 Å². The van der Waals surface area contributed by atoms with Gasteiger partial charge in [-0.3, -0.25) is 4.79 Å². The molecule has 1 heterocycles. The summed E-state index contributed by atoms with van der Waals surface area (Å²) < 4.78 is 4.93. The van der Waals surface area contributed by atoms with Crippen LogP contribution in [0.15, 0.2) is 36.4 Å². The molecule has 0 aliphatic carbocycles. The van der Waals surface area contributed by atoms with Gasteiger partial charge in [-0.2, -0.15) is 0 Å². The van der Waals surface area contributed by atoms with Crippen molar-refractivity contribution in [2.24, 2.45) is 0 Å². The van der Waals surface area contributed by atoms with Crippen molar-refractivity contribution in [3.8, 4) is 5.75 Å². The van der Waals surface area contributed by atoms with Crippen LogP contribution in [0.1, 0.15) is 24.9 Å². The molecule has 5 heteroatoms. The van der Waals surface area contributed by atoms with E-state index in [9.17, 15) is 9.59 Å². The van der Waals surface area contributed by atoms with Gasteiger partial charge in [0.2, 0.25) is 5.78 Å². The molecule has 0 amide bonds. The Kier molecular flexibility index (Phi) is 3.97. The highest BCUT2D eigenvalue weighted by molar-refractivity contribution is 7.14. The van der Waals surface area contributed by atoms with Crippen molar-refractivity contribution in [1.29, 1.82) is 0 Å². The predicted octanol–water partition coefficient (Wildman–Crippen LogP) is 2.80. The fourth-order valence-electron chi connectivity index (χ4n) is 1.47. The largest absolute Gasteiger partial charge is 0.508 e. The van der Waals surface area contributed by atoms with Crippen molar-refractivity contribution in [3.05, 3.63) is 51.7 Å². The molecule has 1 N–H and O–H groups in total. The van der Waals surface area contributed by atoms with E-state index >= 15 is 0 Å². The average Bonchev–Trinajstić information content (AvgIpc) is 2.83. The predicted molar refractivity (Wildman–Crippen MR) is 71.8 cm³/mol. The summed E-state index contributed by atoms with van der Waals surface area (Å²) in [5.74, 6) is -0.728. The summed E-state index contributed by atoms with van der Waals surface area (Å²) in [4.78, 5) is 25.0. The van der Waals surface area contributed by atoms with E-state index in [1.807, 2.05) is 13.0 Å². The van der Waals surface area contributed by atoms with Crippen LogP contribution in [0.2, 0.25) is 0 Å². The van der Waals surface area contributed by atoms with E-state index in [0.29, 0.717) is 10.4 Å². The van der Waals surface area contributed by atoms with Crippen molar-refractivity contribution >= 4 is 23.1 Å². The molecular formula is C14H12O4S. The molecule has 1 aromatic carbocycles. The van der Waals surface area contributed by atoms with E-state index in [1.165, 1.54) is 35.6 Å². The van der Waals surface area contributed by atoms with Crippen molar-refractivity contribution in [2.75, 3.05) is 6.61 Å². The summed E-state index contributed by atoms with van der Waals surface area (Å²) in [6, 6.07) is 9.23. The molecule has 0 bridgehead atoms. The minimum atomic E-state index is -0.582. The van der Waals surface area contributed by atoms with Crippen molar-refractivity contribution in [3.63, 3.8) is 0 Å². The summed E-state index contributed by atoms with van der Waals surface area (Å²) in [5, 5.41) is 9.10. The first kappa shape index (κ1) is 13.3. The molecule has 0 fully saturated rings. The number of aryl methyl sites for hydroxylation is 1. The number of rotatable bonds is 4. The Hall–Kier alpha value is -2.14. The van der Waals surface area contributed by atoms with Crippen LogP contribution in [0.25, 0.3) is 0 Å².